The summed E-state index contributed by atoms with van der Waals surface area (Å²) in [4.78, 5) is 9.93. The van der Waals surface area contributed by atoms with Gasteiger partial charge in [0.15, 0.2) is 0 Å². The van der Waals surface area contributed by atoms with Crippen LogP contribution >= 0.6 is 0 Å². The second-order valence-corrected chi connectivity index (χ2v) is 2.42. The van der Waals surface area contributed by atoms with Crippen LogP contribution in [-0.4, -0.2) is 23.4 Å². The third-order valence-electron chi connectivity index (χ3n) is 0.568. The van der Waals surface area contributed by atoms with Crippen molar-refractivity contribution in [3.05, 3.63) is 0 Å². The molecule has 9 heavy (non-hydrogen) atoms. The molecule has 0 atom stereocenters. The zero-order chi connectivity index (χ0) is 7.49. The molecule has 0 aliphatic carbocycles. The minimum Gasteiger partial charge on any atom is -0.447 e. The van der Waals surface area contributed by atoms with E-state index in [1.165, 1.54) is 13.8 Å². The van der Waals surface area contributed by atoms with Crippen LogP contribution in [0, 0.1) is 0 Å². The van der Waals surface area contributed by atoms with Gasteiger partial charge in [0, 0.05) is 0 Å². The summed E-state index contributed by atoms with van der Waals surface area (Å²) in [5.41, 5.74) is 3.64. The molecule has 0 fully saturated rings. The summed E-state index contributed by atoms with van der Waals surface area (Å²) in [7, 11) is 0. The normalized spacial score (nSPS) is 11.0. The van der Waals surface area contributed by atoms with Gasteiger partial charge in [0.2, 0.25) is 0 Å². The molecule has 0 aromatic heterocycles. The Morgan fingerprint density at radius 3 is 2.33 bits per heavy atom. The van der Waals surface area contributed by atoms with Crippen LogP contribution < -0.4 is 5.73 Å². The first-order valence-electron chi connectivity index (χ1n) is 2.56. The van der Waals surface area contributed by atoms with E-state index >= 15 is 0 Å². The average Bonchev–Trinajstić information content (AvgIpc) is 1.59. The predicted octanol–water partition coefficient (Wildman–Crippen LogP) is -0.147. The summed E-state index contributed by atoms with van der Waals surface area (Å²) in [5, 5.41) is 8.93. The van der Waals surface area contributed by atoms with Crippen LogP contribution in [0.3, 0.4) is 0 Å². The van der Waals surface area contributed by atoms with Gasteiger partial charge < -0.3 is 15.6 Å². The number of ether oxygens (including phenoxy) is 1. The molecule has 0 aliphatic rings. The summed E-state index contributed by atoms with van der Waals surface area (Å²) in [6, 6.07) is 0. The molecule has 0 aromatic rings. The molecule has 4 heteroatoms. The average molecular weight is 133 g/mol. The monoisotopic (exact) mass is 133 g/mol. The molecule has 0 aromatic carbocycles. The Bertz CT molecular complexity index is 105. The van der Waals surface area contributed by atoms with Crippen molar-refractivity contribution in [2.24, 2.45) is 5.73 Å². The van der Waals surface area contributed by atoms with Gasteiger partial charge in [-0.15, -0.1) is 0 Å². The van der Waals surface area contributed by atoms with Crippen LogP contribution in [0.1, 0.15) is 13.8 Å². The van der Waals surface area contributed by atoms with E-state index in [1.54, 1.807) is 0 Å². The smallest absolute Gasteiger partial charge is 0.404 e. The van der Waals surface area contributed by atoms with Crippen LogP contribution in [0.2, 0.25) is 0 Å². The highest BCUT2D eigenvalue weighted by Gasteiger charge is 2.13. The predicted molar refractivity (Wildman–Crippen MR) is 31.8 cm³/mol. The van der Waals surface area contributed by atoms with Gasteiger partial charge >= 0.3 is 6.09 Å². The Balaban J connectivity index is 3.39. The zero-order valence-electron chi connectivity index (χ0n) is 5.55. The van der Waals surface area contributed by atoms with E-state index in [0.717, 1.165) is 0 Å². The van der Waals surface area contributed by atoms with Gasteiger partial charge in [-0.25, -0.2) is 4.79 Å². The summed E-state index contributed by atoms with van der Waals surface area (Å²) >= 11 is 0. The lowest BCUT2D eigenvalue weighted by Crippen LogP contribution is -2.29. The van der Waals surface area contributed by atoms with Crippen molar-refractivity contribution in [1.29, 1.82) is 0 Å². The van der Waals surface area contributed by atoms with E-state index in [2.05, 4.69) is 10.5 Å². The Morgan fingerprint density at radius 1 is 1.78 bits per heavy atom. The fourth-order valence-electron chi connectivity index (χ4n) is 0.248. The molecule has 0 heterocycles. The van der Waals surface area contributed by atoms with Gasteiger partial charge in [0.1, 0.15) is 6.61 Å². The number of rotatable bonds is 2. The number of nitrogens with two attached hydrogens (primary N) is 1. The molecule has 4 nitrogen and oxygen atoms in total. The summed E-state index contributed by atoms with van der Waals surface area (Å²) in [6.45, 7) is 2.98. The molecule has 0 unspecified atom stereocenters. The van der Waals surface area contributed by atoms with Gasteiger partial charge in [0.25, 0.3) is 0 Å². The SMILES string of the molecule is CC(C)(O)COC(N)=O. The molecule has 1 amide bonds. The van der Waals surface area contributed by atoms with Gasteiger partial charge in [-0.1, -0.05) is 0 Å². The number of hydrogen-bond acceptors (Lipinski definition) is 3. The standard InChI is InChI=1S/C5H11NO3/c1-5(2,8)3-9-4(6)7/h8H,3H2,1-2H3,(H2,6,7). The third-order valence-corrected chi connectivity index (χ3v) is 0.568. The lowest BCUT2D eigenvalue weighted by atomic mass is 10.2. The number of carbonyl (C=O) groups excluding carboxylic acids is 1. The second kappa shape index (κ2) is 2.68. The van der Waals surface area contributed by atoms with E-state index in [4.69, 9.17) is 5.11 Å². The van der Waals surface area contributed by atoms with Crippen molar-refractivity contribution in [3.8, 4) is 0 Å². The topological polar surface area (TPSA) is 72.6 Å². The number of carbonyl (C=O) groups is 1. The summed E-state index contributed by atoms with van der Waals surface area (Å²) in [5.74, 6) is 0. The van der Waals surface area contributed by atoms with Crippen LogP contribution in [0.5, 0.6) is 0 Å². The van der Waals surface area contributed by atoms with Gasteiger partial charge in [0.05, 0.1) is 5.60 Å². The van der Waals surface area contributed by atoms with Crippen molar-refractivity contribution in [3.63, 3.8) is 0 Å². The summed E-state index contributed by atoms with van der Waals surface area (Å²) < 4.78 is 4.30. The lowest BCUT2D eigenvalue weighted by Gasteiger charge is -2.15. The highest BCUT2D eigenvalue weighted by molar-refractivity contribution is 5.64. The quantitative estimate of drug-likeness (QED) is 0.550. The maximum Gasteiger partial charge on any atom is 0.404 e. The minimum atomic E-state index is -0.991. The first-order chi connectivity index (χ1) is 3.92. The van der Waals surface area contributed by atoms with Crippen molar-refractivity contribution >= 4 is 6.09 Å². The van der Waals surface area contributed by atoms with E-state index in [0.29, 0.717) is 0 Å². The van der Waals surface area contributed by atoms with Crippen LogP contribution in [-0.2, 0) is 4.74 Å². The lowest BCUT2D eigenvalue weighted by molar-refractivity contribution is 0.00942. The van der Waals surface area contributed by atoms with Crippen LogP contribution in [0.15, 0.2) is 0 Å². The number of hydrogen-bond donors (Lipinski definition) is 2. The maximum atomic E-state index is 9.93. The number of primary amides is 1. The fraction of sp³-hybridized carbons (Fsp3) is 0.800. The molecular weight excluding hydrogens is 122 g/mol. The Morgan fingerprint density at radius 2 is 2.22 bits per heavy atom. The molecule has 0 aliphatic heterocycles. The van der Waals surface area contributed by atoms with E-state index in [-0.39, 0.29) is 6.61 Å². The molecule has 0 spiro atoms. The zero-order valence-corrected chi connectivity index (χ0v) is 5.55. The van der Waals surface area contributed by atoms with E-state index in [1.807, 2.05) is 0 Å². The molecule has 0 saturated carbocycles. The van der Waals surface area contributed by atoms with Crippen molar-refractivity contribution in [2.45, 2.75) is 19.4 Å². The number of amides is 1. The first-order valence-corrected chi connectivity index (χ1v) is 2.56. The van der Waals surface area contributed by atoms with Gasteiger partial charge in [-0.3, -0.25) is 0 Å². The summed E-state index contributed by atoms with van der Waals surface area (Å²) in [6.07, 6.45) is -0.864. The van der Waals surface area contributed by atoms with Crippen LogP contribution in [0.25, 0.3) is 0 Å². The van der Waals surface area contributed by atoms with Crippen molar-refractivity contribution in [2.75, 3.05) is 6.61 Å². The second-order valence-electron chi connectivity index (χ2n) is 2.42. The van der Waals surface area contributed by atoms with Gasteiger partial charge in [-0.2, -0.15) is 0 Å². The van der Waals surface area contributed by atoms with Crippen LogP contribution in [0.4, 0.5) is 4.79 Å². The third kappa shape index (κ3) is 7.23. The molecule has 3 N–H and O–H groups in total. The Kier molecular flexibility index (Phi) is 2.45. The first kappa shape index (κ1) is 8.23. The molecule has 0 bridgehead atoms. The molecule has 0 rings (SSSR count). The highest BCUT2D eigenvalue weighted by Crippen LogP contribution is 1.99. The highest BCUT2D eigenvalue weighted by atomic mass is 16.6. The van der Waals surface area contributed by atoms with Crippen molar-refractivity contribution < 1.29 is 14.6 Å². The Hall–Kier alpha value is -0.770. The molecule has 0 radical (unpaired) electrons. The largest absolute Gasteiger partial charge is 0.447 e. The maximum absolute atomic E-state index is 9.93. The van der Waals surface area contributed by atoms with E-state index < -0.39 is 11.7 Å². The van der Waals surface area contributed by atoms with Gasteiger partial charge in [-0.05, 0) is 13.8 Å². The van der Waals surface area contributed by atoms with E-state index in [9.17, 15) is 4.79 Å². The Labute approximate surface area is 53.6 Å². The minimum absolute atomic E-state index is 0.0671. The number of aliphatic hydroxyl groups is 1. The molecule has 54 valence electrons. The van der Waals surface area contributed by atoms with Crippen molar-refractivity contribution in [1.82, 2.24) is 0 Å². The molecule has 0 saturated heterocycles. The fourth-order valence-corrected chi connectivity index (χ4v) is 0.248. The molecular formula is C5H11NO3.